The summed E-state index contributed by atoms with van der Waals surface area (Å²) >= 11 is 0. The Morgan fingerprint density at radius 1 is 1.09 bits per heavy atom. The highest BCUT2D eigenvalue weighted by molar-refractivity contribution is 5.92. The van der Waals surface area contributed by atoms with Crippen molar-refractivity contribution in [2.75, 3.05) is 11.4 Å². The van der Waals surface area contributed by atoms with E-state index in [1.807, 2.05) is 6.07 Å². The standard InChI is InChI=1S/C25H23F2N3O2/c1-25(2,3)32-24(31)30(11-9-17-13-20(26)15-21(27)14-17)23-22(8-5-10-29-23)19-7-4-6-18(12-19)16-28/h4-8,10,12-15H,9,11H2,1-3H3. The van der Waals surface area contributed by atoms with Crippen molar-refractivity contribution < 1.29 is 18.3 Å². The van der Waals surface area contributed by atoms with Gasteiger partial charge in [-0.1, -0.05) is 12.1 Å². The van der Waals surface area contributed by atoms with Crippen molar-refractivity contribution >= 4 is 11.9 Å². The van der Waals surface area contributed by atoms with Crippen LogP contribution in [0.25, 0.3) is 11.1 Å². The Bertz CT molecular complexity index is 1150. The van der Waals surface area contributed by atoms with Gasteiger partial charge in [0.15, 0.2) is 0 Å². The third-order valence-electron chi connectivity index (χ3n) is 4.51. The molecule has 1 amide bonds. The lowest BCUT2D eigenvalue weighted by molar-refractivity contribution is 0.0580. The van der Waals surface area contributed by atoms with E-state index in [1.54, 1.807) is 57.3 Å². The van der Waals surface area contributed by atoms with Crippen molar-refractivity contribution in [2.24, 2.45) is 0 Å². The van der Waals surface area contributed by atoms with Gasteiger partial charge < -0.3 is 4.74 Å². The van der Waals surface area contributed by atoms with E-state index in [4.69, 9.17) is 4.74 Å². The van der Waals surface area contributed by atoms with E-state index in [9.17, 15) is 18.8 Å². The van der Waals surface area contributed by atoms with Crippen LogP contribution in [0, 0.1) is 23.0 Å². The summed E-state index contributed by atoms with van der Waals surface area (Å²) in [6.07, 6.45) is 1.10. The maximum absolute atomic E-state index is 13.6. The summed E-state index contributed by atoms with van der Waals surface area (Å²) in [6.45, 7) is 5.34. The first-order chi connectivity index (χ1) is 15.2. The van der Waals surface area contributed by atoms with Crippen LogP contribution in [0.1, 0.15) is 31.9 Å². The zero-order chi connectivity index (χ0) is 23.3. The number of aromatic nitrogens is 1. The number of hydrogen-bond acceptors (Lipinski definition) is 4. The molecule has 0 atom stereocenters. The van der Waals surface area contributed by atoms with E-state index < -0.39 is 23.3 Å². The molecule has 0 aliphatic rings. The molecular formula is C25H23F2N3O2. The van der Waals surface area contributed by atoms with Gasteiger partial charge in [0.1, 0.15) is 23.1 Å². The molecule has 0 saturated carbocycles. The largest absolute Gasteiger partial charge is 0.443 e. The second-order valence-corrected chi connectivity index (χ2v) is 8.23. The molecule has 0 aliphatic carbocycles. The molecule has 3 aromatic rings. The molecule has 0 bridgehead atoms. The first-order valence-electron chi connectivity index (χ1n) is 10.1. The molecule has 0 radical (unpaired) electrons. The SMILES string of the molecule is CC(C)(C)OC(=O)N(CCc1cc(F)cc(F)c1)c1ncccc1-c1cccc(C#N)c1. The number of nitrogens with zero attached hydrogens (tertiary/aromatic N) is 3. The molecule has 164 valence electrons. The second kappa shape index (κ2) is 9.56. The van der Waals surface area contributed by atoms with Crippen LogP contribution in [-0.4, -0.2) is 23.2 Å². The topological polar surface area (TPSA) is 66.2 Å². The van der Waals surface area contributed by atoms with Crippen molar-refractivity contribution in [3.8, 4) is 17.2 Å². The maximum atomic E-state index is 13.6. The molecule has 5 nitrogen and oxygen atoms in total. The molecule has 0 aliphatic heterocycles. The lowest BCUT2D eigenvalue weighted by atomic mass is 10.0. The fourth-order valence-electron chi connectivity index (χ4n) is 3.19. The molecule has 0 unspecified atom stereocenters. The van der Waals surface area contributed by atoms with E-state index in [2.05, 4.69) is 11.1 Å². The molecule has 0 N–H and O–H groups in total. The minimum atomic E-state index is -0.754. The summed E-state index contributed by atoms with van der Waals surface area (Å²) in [7, 11) is 0. The van der Waals surface area contributed by atoms with E-state index in [1.165, 1.54) is 17.0 Å². The second-order valence-electron chi connectivity index (χ2n) is 8.23. The average Bonchev–Trinajstić information content (AvgIpc) is 2.72. The Balaban J connectivity index is 2.01. The molecule has 7 heteroatoms. The highest BCUT2D eigenvalue weighted by Gasteiger charge is 2.26. The van der Waals surface area contributed by atoms with Gasteiger partial charge in [0, 0.05) is 24.4 Å². The van der Waals surface area contributed by atoms with Crippen molar-refractivity contribution in [2.45, 2.75) is 32.8 Å². The van der Waals surface area contributed by atoms with Gasteiger partial charge in [-0.3, -0.25) is 4.90 Å². The molecule has 1 heterocycles. The summed E-state index contributed by atoms with van der Waals surface area (Å²) in [5, 5.41) is 9.25. The third kappa shape index (κ3) is 5.88. The molecule has 32 heavy (non-hydrogen) atoms. The van der Waals surface area contributed by atoms with Crippen molar-refractivity contribution in [3.63, 3.8) is 0 Å². The van der Waals surface area contributed by atoms with Crippen molar-refractivity contribution in [1.29, 1.82) is 5.26 Å². The molecule has 0 saturated heterocycles. The van der Waals surface area contributed by atoms with Gasteiger partial charge in [0.25, 0.3) is 0 Å². The van der Waals surface area contributed by atoms with Gasteiger partial charge in [0.05, 0.1) is 11.6 Å². The summed E-state index contributed by atoms with van der Waals surface area (Å²) < 4.78 is 32.8. The summed E-state index contributed by atoms with van der Waals surface area (Å²) in [6, 6.07) is 15.8. The lowest BCUT2D eigenvalue weighted by Crippen LogP contribution is -2.39. The molecule has 0 fully saturated rings. The number of halogens is 2. The minimum Gasteiger partial charge on any atom is -0.443 e. The number of benzene rings is 2. The van der Waals surface area contributed by atoms with Crippen LogP contribution < -0.4 is 4.90 Å². The Labute approximate surface area is 185 Å². The number of hydrogen-bond donors (Lipinski definition) is 0. The Morgan fingerprint density at radius 2 is 1.81 bits per heavy atom. The van der Waals surface area contributed by atoms with Gasteiger partial charge in [-0.25, -0.2) is 18.6 Å². The molecule has 2 aromatic carbocycles. The number of nitriles is 1. The zero-order valence-corrected chi connectivity index (χ0v) is 18.1. The summed E-state index contributed by atoms with van der Waals surface area (Å²) in [5.74, 6) is -1.04. The highest BCUT2D eigenvalue weighted by atomic mass is 19.1. The van der Waals surface area contributed by atoms with Gasteiger partial charge >= 0.3 is 6.09 Å². The Hall–Kier alpha value is -3.79. The molecule has 0 spiro atoms. The fraction of sp³-hybridized carbons (Fsp3) is 0.240. The molecular weight excluding hydrogens is 412 g/mol. The first-order valence-corrected chi connectivity index (χ1v) is 10.1. The quantitative estimate of drug-likeness (QED) is 0.502. The van der Waals surface area contributed by atoms with Crippen LogP contribution in [0.15, 0.2) is 60.8 Å². The summed E-state index contributed by atoms with van der Waals surface area (Å²) in [4.78, 5) is 18.8. The number of carbonyl (C=O) groups excluding carboxylic acids is 1. The van der Waals surface area contributed by atoms with E-state index in [0.29, 0.717) is 28.1 Å². The Morgan fingerprint density at radius 3 is 2.47 bits per heavy atom. The van der Waals surface area contributed by atoms with Gasteiger partial charge in [0.2, 0.25) is 0 Å². The van der Waals surface area contributed by atoms with Gasteiger partial charge in [-0.2, -0.15) is 5.26 Å². The third-order valence-corrected chi connectivity index (χ3v) is 4.51. The van der Waals surface area contributed by atoms with Crippen LogP contribution in [0.5, 0.6) is 0 Å². The number of pyridine rings is 1. The number of rotatable bonds is 5. The minimum absolute atomic E-state index is 0.0831. The van der Waals surface area contributed by atoms with E-state index >= 15 is 0 Å². The van der Waals surface area contributed by atoms with E-state index in [0.717, 1.165) is 6.07 Å². The number of anilines is 1. The van der Waals surface area contributed by atoms with Crippen LogP contribution >= 0.6 is 0 Å². The lowest BCUT2D eigenvalue weighted by Gasteiger charge is -2.28. The molecule has 3 rings (SSSR count). The maximum Gasteiger partial charge on any atom is 0.416 e. The molecule has 1 aromatic heterocycles. The van der Waals surface area contributed by atoms with Gasteiger partial charge in [-0.05, 0) is 74.7 Å². The Kier molecular flexibility index (Phi) is 6.84. The number of ether oxygens (including phenoxy) is 1. The van der Waals surface area contributed by atoms with E-state index in [-0.39, 0.29) is 13.0 Å². The summed E-state index contributed by atoms with van der Waals surface area (Å²) in [5.41, 5.74) is 1.45. The normalized spacial score (nSPS) is 11.0. The van der Waals surface area contributed by atoms with Crippen LogP contribution in [-0.2, 0) is 11.2 Å². The average molecular weight is 435 g/mol. The van der Waals surface area contributed by atoms with Crippen molar-refractivity contribution in [3.05, 3.63) is 83.6 Å². The van der Waals surface area contributed by atoms with Crippen molar-refractivity contribution in [1.82, 2.24) is 4.98 Å². The number of carbonyl (C=O) groups is 1. The van der Waals surface area contributed by atoms with Crippen LogP contribution in [0.3, 0.4) is 0 Å². The monoisotopic (exact) mass is 435 g/mol. The highest BCUT2D eigenvalue weighted by Crippen LogP contribution is 2.30. The van der Waals surface area contributed by atoms with Crippen LogP contribution in [0.2, 0.25) is 0 Å². The van der Waals surface area contributed by atoms with Gasteiger partial charge in [-0.15, -0.1) is 0 Å². The first kappa shape index (κ1) is 22.9. The fourth-order valence-corrected chi connectivity index (χ4v) is 3.19. The predicted molar refractivity (Wildman–Crippen MR) is 118 cm³/mol. The predicted octanol–water partition coefficient (Wildman–Crippen LogP) is 5.88. The number of amides is 1. The smallest absolute Gasteiger partial charge is 0.416 e. The zero-order valence-electron chi connectivity index (χ0n) is 18.1. The van der Waals surface area contributed by atoms with Crippen LogP contribution in [0.4, 0.5) is 19.4 Å².